The molecule has 0 heterocycles. The van der Waals surface area contributed by atoms with Gasteiger partial charge < -0.3 is 14.8 Å². The average molecular weight is 486 g/mol. The van der Waals surface area contributed by atoms with Crippen molar-refractivity contribution in [3.63, 3.8) is 0 Å². The third-order valence-corrected chi connectivity index (χ3v) is 4.90. The van der Waals surface area contributed by atoms with Crippen LogP contribution in [0, 0.1) is 0 Å². The van der Waals surface area contributed by atoms with E-state index in [0.29, 0.717) is 18.4 Å². The number of carbonyl (C=O) groups is 1. The fourth-order valence-corrected chi connectivity index (χ4v) is 3.15. The highest BCUT2D eigenvalue weighted by Crippen LogP contribution is 2.19. The molecule has 0 aromatic heterocycles. The Morgan fingerprint density at radius 3 is 1.97 bits per heavy atom. The molecule has 0 bridgehead atoms. The van der Waals surface area contributed by atoms with Gasteiger partial charge in [-0.25, -0.2) is 0 Å². The van der Waals surface area contributed by atoms with Crippen LogP contribution in [0.25, 0.3) is 0 Å². The molecule has 0 aliphatic heterocycles. The molecule has 2 atom stereocenters. The van der Waals surface area contributed by atoms with E-state index in [1.807, 2.05) is 92.7 Å². The van der Waals surface area contributed by atoms with E-state index >= 15 is 0 Å². The van der Waals surface area contributed by atoms with Crippen LogP contribution in [0.2, 0.25) is 0 Å². The summed E-state index contributed by atoms with van der Waals surface area (Å²) in [6.45, 7) is 4.44. The maximum Gasteiger partial charge on any atom is 0.261 e. The van der Waals surface area contributed by atoms with Crippen LogP contribution in [0.1, 0.15) is 41.4 Å². The van der Waals surface area contributed by atoms with Crippen molar-refractivity contribution in [1.82, 2.24) is 5.32 Å². The Bertz CT molecular complexity index is 1120. The van der Waals surface area contributed by atoms with E-state index in [2.05, 4.69) is 5.32 Å². The molecule has 0 aliphatic carbocycles. The monoisotopic (exact) mass is 485 g/mol. The fraction of sp³-hybridized carbons (Fsp3) is 0.269. The zero-order valence-corrected chi connectivity index (χ0v) is 20.6. The number of Topliss-reactive ketones (excluding diaryl/α,β-unsaturated/α-hetero) is 1. The molecule has 0 spiro atoms. The number of rotatable bonds is 9. The standard InChI is InChI=1S/C25H27NO3.CH4O3S/c1-18(21-9-13-23(28-3)14-10-21)26-19(2)25(27)22-11-15-24(16-12-22)29-17-20-7-5-4-6-8-20;1-5(2,3)4/h4-16,18-19,26H,17H2,1-3H3;1H3,(H,2,3,4)/t18-,19+;/m1./s1. The van der Waals surface area contributed by atoms with Gasteiger partial charge in [0.2, 0.25) is 0 Å². The minimum atomic E-state index is -3.67. The summed E-state index contributed by atoms with van der Waals surface area (Å²) >= 11 is 0. The molecule has 0 unspecified atom stereocenters. The van der Waals surface area contributed by atoms with Crippen LogP contribution >= 0.6 is 0 Å². The summed E-state index contributed by atoms with van der Waals surface area (Å²) in [5, 5.41) is 3.37. The molecule has 8 heteroatoms. The molecule has 0 radical (unpaired) electrons. The molecule has 3 aromatic carbocycles. The second-order valence-electron chi connectivity index (χ2n) is 7.78. The van der Waals surface area contributed by atoms with Gasteiger partial charge in [-0.1, -0.05) is 42.5 Å². The van der Waals surface area contributed by atoms with Gasteiger partial charge in [0.15, 0.2) is 5.78 Å². The van der Waals surface area contributed by atoms with Crippen molar-refractivity contribution in [2.45, 2.75) is 32.5 Å². The minimum absolute atomic E-state index is 0.0494. The van der Waals surface area contributed by atoms with E-state index in [1.54, 1.807) is 7.11 Å². The van der Waals surface area contributed by atoms with E-state index < -0.39 is 10.1 Å². The zero-order chi connectivity index (χ0) is 25.1. The van der Waals surface area contributed by atoms with E-state index in [9.17, 15) is 13.2 Å². The van der Waals surface area contributed by atoms with Gasteiger partial charge in [-0.05, 0) is 61.4 Å². The molecule has 34 heavy (non-hydrogen) atoms. The summed E-state index contributed by atoms with van der Waals surface area (Å²) in [5.41, 5.74) is 2.88. The van der Waals surface area contributed by atoms with E-state index in [0.717, 1.165) is 22.6 Å². The van der Waals surface area contributed by atoms with Crippen LogP contribution in [0.3, 0.4) is 0 Å². The number of hydrogen-bond acceptors (Lipinski definition) is 6. The molecule has 0 saturated carbocycles. The summed E-state index contributed by atoms with van der Waals surface area (Å²) < 4.78 is 36.9. The fourth-order valence-electron chi connectivity index (χ4n) is 3.15. The smallest absolute Gasteiger partial charge is 0.261 e. The van der Waals surface area contributed by atoms with Gasteiger partial charge in [-0.2, -0.15) is 8.42 Å². The number of ether oxygens (including phenoxy) is 2. The first-order chi connectivity index (χ1) is 16.1. The lowest BCUT2D eigenvalue weighted by molar-refractivity contribution is 0.0945. The van der Waals surface area contributed by atoms with E-state index in [-0.39, 0.29) is 17.9 Å². The Kier molecular flexibility index (Phi) is 10.2. The van der Waals surface area contributed by atoms with E-state index in [4.69, 9.17) is 14.0 Å². The lowest BCUT2D eigenvalue weighted by Crippen LogP contribution is -2.35. The first kappa shape index (κ1) is 27.0. The van der Waals surface area contributed by atoms with Gasteiger partial charge in [-0.3, -0.25) is 9.35 Å². The quantitative estimate of drug-likeness (QED) is 0.335. The van der Waals surface area contributed by atoms with Gasteiger partial charge in [0.1, 0.15) is 18.1 Å². The Hall–Kier alpha value is -3.20. The lowest BCUT2D eigenvalue weighted by atomic mass is 10.0. The van der Waals surface area contributed by atoms with Crippen molar-refractivity contribution in [2.24, 2.45) is 0 Å². The molecule has 0 fully saturated rings. The van der Waals surface area contributed by atoms with Crippen LogP contribution in [-0.2, 0) is 16.7 Å². The van der Waals surface area contributed by atoms with Crippen molar-refractivity contribution < 1.29 is 27.2 Å². The lowest BCUT2D eigenvalue weighted by Gasteiger charge is -2.20. The summed E-state index contributed by atoms with van der Waals surface area (Å²) in [5.74, 6) is 1.62. The average Bonchev–Trinajstić information content (AvgIpc) is 2.82. The first-order valence-corrected chi connectivity index (χ1v) is 12.5. The molecule has 0 amide bonds. The Morgan fingerprint density at radius 1 is 0.912 bits per heavy atom. The number of hydrogen-bond donors (Lipinski definition) is 2. The van der Waals surface area contributed by atoms with Crippen LogP contribution in [-0.4, -0.2) is 38.2 Å². The molecular formula is C26H31NO6S. The summed E-state index contributed by atoms with van der Waals surface area (Å²) in [4.78, 5) is 12.8. The van der Waals surface area contributed by atoms with Crippen molar-refractivity contribution >= 4 is 15.9 Å². The Balaban J connectivity index is 0.000000739. The van der Waals surface area contributed by atoms with Gasteiger partial charge in [0.05, 0.1) is 19.4 Å². The number of ketones is 1. The normalized spacial score (nSPS) is 12.6. The first-order valence-electron chi connectivity index (χ1n) is 10.7. The highest BCUT2D eigenvalue weighted by Gasteiger charge is 2.18. The topological polar surface area (TPSA) is 102 Å². The van der Waals surface area contributed by atoms with E-state index in [1.165, 1.54) is 0 Å². The molecule has 7 nitrogen and oxygen atoms in total. The second-order valence-corrected chi connectivity index (χ2v) is 9.25. The predicted molar refractivity (Wildman–Crippen MR) is 133 cm³/mol. The van der Waals surface area contributed by atoms with Gasteiger partial charge >= 0.3 is 0 Å². The molecular weight excluding hydrogens is 454 g/mol. The van der Waals surface area contributed by atoms with Crippen LogP contribution < -0.4 is 14.8 Å². The summed E-state index contributed by atoms with van der Waals surface area (Å²) in [7, 11) is -2.02. The van der Waals surface area contributed by atoms with Gasteiger partial charge in [0, 0.05) is 11.6 Å². The third kappa shape index (κ3) is 9.74. The molecule has 0 aliphatic rings. The molecule has 2 N–H and O–H groups in total. The van der Waals surface area contributed by atoms with Crippen molar-refractivity contribution in [2.75, 3.05) is 13.4 Å². The highest BCUT2D eigenvalue weighted by molar-refractivity contribution is 7.85. The number of benzene rings is 3. The molecule has 3 aromatic rings. The summed E-state index contributed by atoms with van der Waals surface area (Å²) in [6.07, 6.45) is 0.715. The highest BCUT2D eigenvalue weighted by atomic mass is 32.2. The van der Waals surface area contributed by atoms with Crippen molar-refractivity contribution in [3.8, 4) is 11.5 Å². The van der Waals surface area contributed by atoms with Crippen LogP contribution in [0.5, 0.6) is 11.5 Å². The van der Waals surface area contributed by atoms with Crippen LogP contribution in [0.15, 0.2) is 78.9 Å². The molecule has 0 saturated heterocycles. The Morgan fingerprint density at radius 2 is 1.44 bits per heavy atom. The van der Waals surface area contributed by atoms with Gasteiger partial charge in [0.25, 0.3) is 10.1 Å². The SMILES string of the molecule is COc1ccc([C@@H](C)N[C@@H](C)C(=O)c2ccc(OCc3ccccc3)cc2)cc1.CS(=O)(=O)O. The van der Waals surface area contributed by atoms with Crippen LogP contribution in [0.4, 0.5) is 0 Å². The number of nitrogens with one attached hydrogen (secondary N) is 1. The maximum absolute atomic E-state index is 12.8. The van der Waals surface area contributed by atoms with Crippen molar-refractivity contribution in [3.05, 3.63) is 95.6 Å². The number of carbonyl (C=O) groups excluding carboxylic acids is 1. The third-order valence-electron chi connectivity index (χ3n) is 4.90. The minimum Gasteiger partial charge on any atom is -0.497 e. The summed E-state index contributed by atoms with van der Waals surface area (Å²) in [6, 6.07) is 24.9. The zero-order valence-electron chi connectivity index (χ0n) is 19.8. The molecule has 3 rings (SSSR count). The second kappa shape index (κ2) is 12.9. The number of methoxy groups -OCH3 is 1. The van der Waals surface area contributed by atoms with Crippen molar-refractivity contribution in [1.29, 1.82) is 0 Å². The molecule has 182 valence electrons. The Labute approximate surface area is 201 Å². The van der Waals surface area contributed by atoms with Gasteiger partial charge in [-0.15, -0.1) is 0 Å². The largest absolute Gasteiger partial charge is 0.497 e. The maximum atomic E-state index is 12.8. The predicted octanol–water partition coefficient (Wildman–Crippen LogP) is 4.70.